The predicted molar refractivity (Wildman–Crippen MR) is 106 cm³/mol. The van der Waals surface area contributed by atoms with Crippen molar-refractivity contribution in [3.05, 3.63) is 67.5 Å². The molecule has 0 fully saturated rings. The Balaban J connectivity index is 2.01. The SMILES string of the molecule is CC(C)c1onc(-c2c(Cl)cccc2Cl)c1COc1ccc([N+](=O)[O-])c(C(F)(F)F)n1. The topological polar surface area (TPSA) is 91.3 Å². The van der Waals surface area contributed by atoms with Gasteiger partial charge in [0.05, 0.1) is 20.5 Å². The van der Waals surface area contributed by atoms with Gasteiger partial charge in [-0.05, 0) is 12.1 Å². The number of hydrogen-bond acceptors (Lipinski definition) is 6. The Labute approximate surface area is 183 Å². The first kappa shape index (κ1) is 22.8. The van der Waals surface area contributed by atoms with Crippen LogP contribution in [0.2, 0.25) is 10.0 Å². The highest BCUT2D eigenvalue weighted by atomic mass is 35.5. The molecule has 0 spiro atoms. The Bertz CT molecular complexity index is 1110. The lowest BCUT2D eigenvalue weighted by molar-refractivity contribution is -0.388. The zero-order valence-corrected chi connectivity index (χ0v) is 17.5. The number of nitrogens with zero attached hydrogens (tertiary/aromatic N) is 3. The highest BCUT2D eigenvalue weighted by molar-refractivity contribution is 6.39. The predicted octanol–water partition coefficient (Wildman–Crippen LogP) is 6.67. The van der Waals surface area contributed by atoms with Gasteiger partial charge in [-0.2, -0.15) is 13.2 Å². The van der Waals surface area contributed by atoms with Gasteiger partial charge in [0.2, 0.25) is 11.6 Å². The molecular weight excluding hydrogens is 462 g/mol. The van der Waals surface area contributed by atoms with E-state index in [9.17, 15) is 23.3 Å². The van der Waals surface area contributed by atoms with Crippen molar-refractivity contribution in [2.45, 2.75) is 32.5 Å². The second-order valence-corrected chi connectivity index (χ2v) is 7.50. The first-order valence-corrected chi connectivity index (χ1v) is 9.54. The van der Waals surface area contributed by atoms with Crippen molar-refractivity contribution < 1.29 is 27.4 Å². The summed E-state index contributed by atoms with van der Waals surface area (Å²) < 4.78 is 50.3. The van der Waals surface area contributed by atoms with Crippen molar-refractivity contribution in [2.24, 2.45) is 0 Å². The maximum atomic E-state index is 13.2. The van der Waals surface area contributed by atoms with Crippen molar-refractivity contribution in [2.75, 3.05) is 0 Å². The van der Waals surface area contributed by atoms with Crippen LogP contribution in [0, 0.1) is 10.1 Å². The average Bonchev–Trinajstić information content (AvgIpc) is 3.09. The molecular formula is C19H14Cl2F3N3O4. The number of aromatic nitrogens is 2. The van der Waals surface area contributed by atoms with Gasteiger partial charge >= 0.3 is 6.18 Å². The van der Waals surface area contributed by atoms with E-state index in [0.29, 0.717) is 33.0 Å². The van der Waals surface area contributed by atoms with E-state index < -0.39 is 28.4 Å². The van der Waals surface area contributed by atoms with Crippen LogP contribution in [0.5, 0.6) is 5.88 Å². The lowest BCUT2D eigenvalue weighted by Gasteiger charge is -2.12. The second-order valence-electron chi connectivity index (χ2n) is 6.69. The molecule has 0 bridgehead atoms. The summed E-state index contributed by atoms with van der Waals surface area (Å²) in [6.07, 6.45) is -5.03. The quantitative estimate of drug-likeness (QED) is 0.291. The van der Waals surface area contributed by atoms with E-state index in [4.69, 9.17) is 32.5 Å². The molecule has 7 nitrogen and oxygen atoms in total. The summed E-state index contributed by atoms with van der Waals surface area (Å²) in [5.74, 6) is -0.175. The van der Waals surface area contributed by atoms with Gasteiger partial charge in [0.15, 0.2) is 0 Å². The van der Waals surface area contributed by atoms with Crippen LogP contribution in [-0.4, -0.2) is 15.1 Å². The van der Waals surface area contributed by atoms with Crippen molar-refractivity contribution in [3.63, 3.8) is 0 Å². The van der Waals surface area contributed by atoms with Gasteiger partial charge < -0.3 is 9.26 Å². The fraction of sp³-hybridized carbons (Fsp3) is 0.263. The monoisotopic (exact) mass is 475 g/mol. The molecule has 0 saturated heterocycles. The van der Waals surface area contributed by atoms with Crippen LogP contribution in [0.1, 0.15) is 36.8 Å². The molecule has 0 N–H and O–H groups in total. The number of nitro groups is 1. The third kappa shape index (κ3) is 4.75. The van der Waals surface area contributed by atoms with Crippen LogP contribution in [-0.2, 0) is 12.8 Å². The smallest absolute Gasteiger partial charge is 0.440 e. The number of ether oxygens (including phenoxy) is 1. The molecule has 0 atom stereocenters. The minimum absolute atomic E-state index is 0.142. The number of halogens is 5. The first-order chi connectivity index (χ1) is 14.5. The summed E-state index contributed by atoms with van der Waals surface area (Å²) in [5, 5.41) is 15.5. The maximum absolute atomic E-state index is 13.2. The van der Waals surface area contributed by atoms with Crippen LogP contribution in [0.3, 0.4) is 0 Å². The molecule has 12 heteroatoms. The average molecular weight is 476 g/mol. The summed E-state index contributed by atoms with van der Waals surface area (Å²) in [5.41, 5.74) is -1.75. The van der Waals surface area contributed by atoms with E-state index >= 15 is 0 Å². The highest BCUT2D eigenvalue weighted by Gasteiger charge is 2.41. The van der Waals surface area contributed by atoms with Gasteiger partial charge in [-0.15, -0.1) is 0 Å². The standard InChI is InChI=1S/C19H14Cl2F3N3O4/c1-9(2)17-10(16(26-31-17)15-11(20)4-3-5-12(15)21)8-30-14-7-6-13(27(28)29)18(25-14)19(22,23)24/h3-7,9H,8H2,1-2H3. The molecule has 0 saturated carbocycles. The molecule has 0 radical (unpaired) electrons. The maximum Gasteiger partial charge on any atom is 0.440 e. The number of alkyl halides is 3. The van der Waals surface area contributed by atoms with Gasteiger partial charge in [-0.3, -0.25) is 10.1 Å². The number of rotatable bonds is 6. The van der Waals surface area contributed by atoms with Gasteiger partial charge in [-0.1, -0.05) is 48.3 Å². The van der Waals surface area contributed by atoms with Gasteiger partial charge in [0.1, 0.15) is 18.1 Å². The van der Waals surface area contributed by atoms with E-state index in [1.165, 1.54) is 0 Å². The Kier molecular flexibility index (Phi) is 6.42. The van der Waals surface area contributed by atoms with Crippen molar-refractivity contribution in [1.29, 1.82) is 0 Å². The summed E-state index contributed by atoms with van der Waals surface area (Å²) in [4.78, 5) is 13.0. The second kappa shape index (κ2) is 8.72. The minimum Gasteiger partial charge on any atom is -0.473 e. The minimum atomic E-state index is -5.03. The molecule has 0 unspecified atom stereocenters. The van der Waals surface area contributed by atoms with E-state index in [2.05, 4.69) is 10.1 Å². The van der Waals surface area contributed by atoms with E-state index in [0.717, 1.165) is 6.07 Å². The summed E-state index contributed by atoms with van der Waals surface area (Å²) in [6.45, 7) is 3.37. The first-order valence-electron chi connectivity index (χ1n) is 8.79. The zero-order valence-electron chi connectivity index (χ0n) is 16.0. The van der Waals surface area contributed by atoms with Crippen LogP contribution >= 0.6 is 23.2 Å². The third-order valence-corrected chi connectivity index (χ3v) is 4.85. The van der Waals surface area contributed by atoms with E-state index in [1.807, 2.05) is 13.8 Å². The van der Waals surface area contributed by atoms with Crippen LogP contribution in [0.4, 0.5) is 18.9 Å². The molecule has 2 aromatic heterocycles. The number of hydrogen-bond donors (Lipinski definition) is 0. The van der Waals surface area contributed by atoms with Crippen molar-refractivity contribution >= 4 is 28.9 Å². The summed E-state index contributed by atoms with van der Waals surface area (Å²) >= 11 is 12.5. The Morgan fingerprint density at radius 2 is 1.84 bits per heavy atom. The van der Waals surface area contributed by atoms with Gasteiger partial charge in [0, 0.05) is 23.6 Å². The third-order valence-electron chi connectivity index (χ3n) is 4.22. The highest BCUT2D eigenvalue weighted by Crippen LogP contribution is 2.39. The normalized spacial score (nSPS) is 11.7. The van der Waals surface area contributed by atoms with E-state index in [-0.39, 0.29) is 18.2 Å². The number of pyridine rings is 1. The lowest BCUT2D eigenvalue weighted by Crippen LogP contribution is -2.12. The number of benzene rings is 1. The van der Waals surface area contributed by atoms with Gasteiger partial charge in [0.25, 0.3) is 5.69 Å². The van der Waals surface area contributed by atoms with Crippen molar-refractivity contribution in [1.82, 2.24) is 10.1 Å². The summed E-state index contributed by atoms with van der Waals surface area (Å²) in [7, 11) is 0. The van der Waals surface area contributed by atoms with Gasteiger partial charge in [-0.25, -0.2) is 4.98 Å². The molecule has 2 heterocycles. The molecule has 1 aromatic carbocycles. The van der Waals surface area contributed by atoms with E-state index in [1.54, 1.807) is 18.2 Å². The van der Waals surface area contributed by atoms with Crippen LogP contribution in [0.25, 0.3) is 11.3 Å². The molecule has 164 valence electrons. The van der Waals surface area contributed by atoms with Crippen LogP contribution in [0.15, 0.2) is 34.9 Å². The Morgan fingerprint density at radius 3 is 2.39 bits per heavy atom. The van der Waals surface area contributed by atoms with Crippen molar-refractivity contribution in [3.8, 4) is 17.1 Å². The summed E-state index contributed by atoms with van der Waals surface area (Å²) in [6, 6.07) is 6.52. The lowest BCUT2D eigenvalue weighted by atomic mass is 10.0. The fourth-order valence-electron chi connectivity index (χ4n) is 2.85. The molecule has 0 aliphatic heterocycles. The molecule has 31 heavy (non-hydrogen) atoms. The molecule has 0 aliphatic carbocycles. The van der Waals surface area contributed by atoms with Crippen LogP contribution < -0.4 is 4.74 Å². The molecule has 0 aliphatic rings. The Morgan fingerprint density at radius 1 is 1.19 bits per heavy atom. The zero-order chi connectivity index (χ0) is 22.9. The molecule has 0 amide bonds. The largest absolute Gasteiger partial charge is 0.473 e. The fourth-order valence-corrected chi connectivity index (χ4v) is 3.43. The Hall–Kier alpha value is -2.85. The molecule has 3 rings (SSSR count). The molecule has 3 aromatic rings.